The van der Waals surface area contributed by atoms with Crippen LogP contribution in [0.3, 0.4) is 0 Å². The number of aromatic nitrogens is 1. The second kappa shape index (κ2) is 3.34. The van der Waals surface area contributed by atoms with Crippen LogP contribution in [0.1, 0.15) is 19.8 Å². The van der Waals surface area contributed by atoms with Crippen LogP contribution in [0.5, 0.6) is 0 Å². The van der Waals surface area contributed by atoms with Crippen molar-refractivity contribution < 1.29 is 0 Å². The lowest BCUT2D eigenvalue weighted by atomic mass is 9.81. The van der Waals surface area contributed by atoms with Crippen molar-refractivity contribution in [2.75, 3.05) is 5.32 Å². The molecule has 1 N–H and O–H groups in total. The molecular weight excluding hydrogens is 236 g/mol. The van der Waals surface area contributed by atoms with Crippen molar-refractivity contribution in [1.82, 2.24) is 4.98 Å². The van der Waals surface area contributed by atoms with E-state index >= 15 is 0 Å². The van der Waals surface area contributed by atoms with Crippen LogP contribution in [-0.2, 0) is 0 Å². The topological polar surface area (TPSA) is 24.9 Å². The van der Waals surface area contributed by atoms with E-state index in [2.05, 4.69) is 33.2 Å². The van der Waals surface area contributed by atoms with Crippen LogP contribution in [0.2, 0.25) is 0 Å². The second-order valence-corrected chi connectivity index (χ2v) is 5.68. The van der Waals surface area contributed by atoms with Crippen molar-refractivity contribution in [2.24, 2.45) is 5.92 Å². The van der Waals surface area contributed by atoms with Crippen LogP contribution in [0, 0.1) is 5.92 Å². The molecule has 2 unspecified atom stereocenters. The van der Waals surface area contributed by atoms with Gasteiger partial charge < -0.3 is 5.32 Å². The van der Waals surface area contributed by atoms with Gasteiger partial charge in [0.2, 0.25) is 0 Å². The molecule has 1 fully saturated rings. The Labute approximate surface area is 84.5 Å². The largest absolute Gasteiger partial charge is 0.358 e. The van der Waals surface area contributed by atoms with E-state index in [4.69, 9.17) is 0 Å². The van der Waals surface area contributed by atoms with Crippen LogP contribution in [0.15, 0.2) is 9.98 Å². The molecule has 66 valence electrons. The number of rotatable bonds is 2. The van der Waals surface area contributed by atoms with Crippen molar-refractivity contribution in [2.45, 2.75) is 25.8 Å². The highest BCUT2D eigenvalue weighted by atomic mass is 79.9. The van der Waals surface area contributed by atoms with Gasteiger partial charge >= 0.3 is 0 Å². The Morgan fingerprint density at radius 3 is 2.92 bits per heavy atom. The molecule has 1 heterocycles. The lowest BCUT2D eigenvalue weighted by molar-refractivity contribution is 0.303. The number of hydrogen-bond acceptors (Lipinski definition) is 3. The summed E-state index contributed by atoms with van der Waals surface area (Å²) >= 11 is 5.05. The number of halogens is 1. The molecular formula is C8H11BrN2S. The first-order valence-electron chi connectivity index (χ1n) is 4.13. The van der Waals surface area contributed by atoms with Gasteiger partial charge in [0.1, 0.15) is 0 Å². The number of hydrogen-bond donors (Lipinski definition) is 1. The molecule has 1 aromatic heterocycles. The van der Waals surface area contributed by atoms with Gasteiger partial charge in [0, 0.05) is 6.04 Å². The summed E-state index contributed by atoms with van der Waals surface area (Å²) in [5, 5.41) is 4.47. The van der Waals surface area contributed by atoms with E-state index in [-0.39, 0.29) is 0 Å². The molecule has 12 heavy (non-hydrogen) atoms. The van der Waals surface area contributed by atoms with Crippen LogP contribution in [0.25, 0.3) is 0 Å². The van der Waals surface area contributed by atoms with Crippen LogP contribution < -0.4 is 5.32 Å². The van der Waals surface area contributed by atoms with Gasteiger partial charge in [-0.15, -0.1) is 0 Å². The van der Waals surface area contributed by atoms with Gasteiger partial charge in [-0.1, -0.05) is 18.3 Å². The molecule has 1 aliphatic rings. The van der Waals surface area contributed by atoms with Crippen LogP contribution >= 0.6 is 27.3 Å². The summed E-state index contributed by atoms with van der Waals surface area (Å²) in [5.41, 5.74) is 0. The molecule has 0 spiro atoms. The number of anilines is 1. The first-order valence-corrected chi connectivity index (χ1v) is 5.74. The van der Waals surface area contributed by atoms with Crippen molar-refractivity contribution in [3.8, 4) is 0 Å². The maximum absolute atomic E-state index is 4.23. The fourth-order valence-corrected chi connectivity index (χ4v) is 2.53. The SMILES string of the molecule is CC1CCC1Nc1ncc(Br)s1. The second-order valence-electron chi connectivity index (χ2n) is 3.27. The fourth-order valence-electron chi connectivity index (χ4n) is 1.36. The summed E-state index contributed by atoms with van der Waals surface area (Å²) in [6.07, 6.45) is 4.49. The number of nitrogens with one attached hydrogen (secondary N) is 1. The lowest BCUT2D eigenvalue weighted by Crippen LogP contribution is -2.36. The van der Waals surface area contributed by atoms with Gasteiger partial charge in [0.15, 0.2) is 5.13 Å². The predicted octanol–water partition coefficient (Wildman–Crippen LogP) is 3.12. The fraction of sp³-hybridized carbons (Fsp3) is 0.625. The standard InChI is InChI=1S/C8H11BrN2S/c1-5-2-3-6(5)11-8-10-4-7(9)12-8/h4-6H,2-3H2,1H3,(H,10,11). The monoisotopic (exact) mass is 246 g/mol. The third-order valence-electron chi connectivity index (χ3n) is 2.41. The zero-order chi connectivity index (χ0) is 8.55. The van der Waals surface area contributed by atoms with Crippen molar-refractivity contribution in [1.29, 1.82) is 0 Å². The summed E-state index contributed by atoms with van der Waals surface area (Å²) in [6, 6.07) is 0.656. The minimum atomic E-state index is 0.656. The minimum Gasteiger partial charge on any atom is -0.358 e. The highest BCUT2D eigenvalue weighted by Gasteiger charge is 2.26. The maximum atomic E-state index is 4.23. The molecule has 2 rings (SSSR count). The quantitative estimate of drug-likeness (QED) is 0.868. The molecule has 1 aliphatic carbocycles. The molecule has 1 aromatic rings. The van der Waals surface area contributed by atoms with E-state index in [1.165, 1.54) is 12.8 Å². The zero-order valence-electron chi connectivity index (χ0n) is 6.88. The zero-order valence-corrected chi connectivity index (χ0v) is 9.28. The lowest BCUT2D eigenvalue weighted by Gasteiger charge is -2.34. The smallest absolute Gasteiger partial charge is 0.183 e. The van der Waals surface area contributed by atoms with Gasteiger partial charge in [0.25, 0.3) is 0 Å². The molecule has 0 aliphatic heterocycles. The number of thiazole rings is 1. The summed E-state index contributed by atoms with van der Waals surface area (Å²) in [4.78, 5) is 4.23. The first kappa shape index (κ1) is 8.51. The van der Waals surface area contributed by atoms with Gasteiger partial charge in [0.05, 0.1) is 9.98 Å². The highest BCUT2D eigenvalue weighted by molar-refractivity contribution is 9.11. The minimum absolute atomic E-state index is 0.656. The van der Waals surface area contributed by atoms with Gasteiger partial charge in [-0.25, -0.2) is 4.98 Å². The molecule has 0 amide bonds. The molecule has 2 nitrogen and oxygen atoms in total. The van der Waals surface area contributed by atoms with Crippen molar-refractivity contribution in [3.05, 3.63) is 9.98 Å². The molecule has 0 saturated heterocycles. The normalized spacial score (nSPS) is 28.2. The molecule has 0 bridgehead atoms. The molecule has 0 radical (unpaired) electrons. The molecule has 1 saturated carbocycles. The van der Waals surface area contributed by atoms with E-state index in [0.29, 0.717) is 6.04 Å². The Morgan fingerprint density at radius 2 is 2.50 bits per heavy atom. The Bertz CT molecular complexity index is 274. The Kier molecular flexibility index (Phi) is 2.37. The van der Waals surface area contributed by atoms with Gasteiger partial charge in [-0.3, -0.25) is 0 Å². The van der Waals surface area contributed by atoms with Crippen LogP contribution in [0.4, 0.5) is 5.13 Å². The predicted molar refractivity (Wildman–Crippen MR) is 55.6 cm³/mol. The highest BCUT2D eigenvalue weighted by Crippen LogP contribution is 2.32. The molecule has 0 aromatic carbocycles. The maximum Gasteiger partial charge on any atom is 0.183 e. The van der Waals surface area contributed by atoms with Crippen LogP contribution in [-0.4, -0.2) is 11.0 Å². The summed E-state index contributed by atoms with van der Waals surface area (Å²) in [5.74, 6) is 0.813. The molecule has 4 heteroatoms. The van der Waals surface area contributed by atoms with E-state index < -0.39 is 0 Å². The third-order valence-corrected chi connectivity index (χ3v) is 3.81. The molecule has 2 atom stereocenters. The Morgan fingerprint density at radius 1 is 1.67 bits per heavy atom. The summed E-state index contributed by atoms with van der Waals surface area (Å²) in [7, 11) is 0. The average Bonchev–Trinajstić information content (AvgIpc) is 2.44. The van der Waals surface area contributed by atoms with E-state index in [1.54, 1.807) is 11.3 Å². The van der Waals surface area contributed by atoms with E-state index in [1.807, 2.05) is 6.20 Å². The van der Waals surface area contributed by atoms with E-state index in [9.17, 15) is 0 Å². The average molecular weight is 247 g/mol. The van der Waals surface area contributed by atoms with Crippen molar-refractivity contribution in [3.63, 3.8) is 0 Å². The summed E-state index contributed by atoms with van der Waals surface area (Å²) in [6.45, 7) is 2.28. The van der Waals surface area contributed by atoms with E-state index in [0.717, 1.165) is 14.8 Å². The number of nitrogens with zero attached hydrogens (tertiary/aromatic N) is 1. The summed E-state index contributed by atoms with van der Waals surface area (Å²) < 4.78 is 1.09. The first-order chi connectivity index (χ1) is 5.75. The van der Waals surface area contributed by atoms with Gasteiger partial charge in [-0.05, 0) is 34.7 Å². The Hall–Kier alpha value is -0.0900. The third kappa shape index (κ3) is 1.64. The van der Waals surface area contributed by atoms with Crippen molar-refractivity contribution >= 4 is 32.4 Å². The van der Waals surface area contributed by atoms with Gasteiger partial charge in [-0.2, -0.15) is 0 Å². The Balaban J connectivity index is 1.95.